The second kappa shape index (κ2) is 5.04. The predicted octanol–water partition coefficient (Wildman–Crippen LogP) is 1.63. The van der Waals surface area contributed by atoms with Gasteiger partial charge >= 0.3 is 0 Å². The molecule has 0 atom stereocenters. The zero-order chi connectivity index (χ0) is 13.0. The van der Waals surface area contributed by atoms with Gasteiger partial charge in [0.15, 0.2) is 0 Å². The van der Waals surface area contributed by atoms with E-state index in [2.05, 4.69) is 4.72 Å². The quantitative estimate of drug-likeness (QED) is 0.907. The molecule has 1 N–H and O–H groups in total. The number of nitrogens with one attached hydrogen (secondary N) is 1. The van der Waals surface area contributed by atoms with E-state index in [9.17, 15) is 8.42 Å². The highest BCUT2D eigenvalue weighted by Gasteiger charge is 2.17. The van der Waals surface area contributed by atoms with Gasteiger partial charge in [0.1, 0.15) is 11.8 Å². The van der Waals surface area contributed by atoms with Crippen molar-refractivity contribution in [1.29, 1.82) is 5.26 Å². The lowest BCUT2D eigenvalue weighted by Gasteiger charge is -2.06. The van der Waals surface area contributed by atoms with Crippen LogP contribution in [0.3, 0.4) is 0 Å². The summed E-state index contributed by atoms with van der Waals surface area (Å²) in [5.41, 5.74) is 0.115. The van der Waals surface area contributed by atoms with Crippen LogP contribution in [0.1, 0.15) is 11.3 Å². The van der Waals surface area contributed by atoms with Gasteiger partial charge in [-0.2, -0.15) is 5.26 Å². The maximum absolute atomic E-state index is 12.0. The van der Waals surface area contributed by atoms with Gasteiger partial charge in [0.05, 0.1) is 23.3 Å². The molecule has 5 nitrogen and oxygen atoms in total. The van der Waals surface area contributed by atoms with Crippen LogP contribution in [-0.2, 0) is 16.6 Å². The van der Waals surface area contributed by atoms with E-state index in [1.165, 1.54) is 18.4 Å². The Labute approximate surface area is 105 Å². The molecule has 1 heterocycles. The van der Waals surface area contributed by atoms with Gasteiger partial charge < -0.3 is 4.42 Å². The summed E-state index contributed by atoms with van der Waals surface area (Å²) >= 11 is 0. The molecule has 0 spiro atoms. The molecule has 0 saturated heterocycles. The molecule has 0 fully saturated rings. The van der Waals surface area contributed by atoms with Crippen molar-refractivity contribution in [2.75, 3.05) is 0 Å². The summed E-state index contributed by atoms with van der Waals surface area (Å²) in [6.07, 6.45) is 1.47. The summed E-state index contributed by atoms with van der Waals surface area (Å²) in [5, 5.41) is 8.87. The molecule has 0 aliphatic carbocycles. The van der Waals surface area contributed by atoms with Crippen LogP contribution >= 0.6 is 0 Å². The highest BCUT2D eigenvalue weighted by atomic mass is 32.2. The van der Waals surface area contributed by atoms with E-state index in [-0.39, 0.29) is 17.0 Å². The maximum atomic E-state index is 12.0. The molecule has 0 bridgehead atoms. The van der Waals surface area contributed by atoms with E-state index in [1.807, 2.05) is 6.07 Å². The standard InChI is InChI=1S/C12H10N2O3S/c13-8-10-4-1-2-6-12(10)18(15,16)14-9-11-5-3-7-17-11/h1-7,14H,9H2. The summed E-state index contributed by atoms with van der Waals surface area (Å²) in [7, 11) is -3.71. The zero-order valence-corrected chi connectivity index (χ0v) is 10.1. The molecule has 6 heteroatoms. The van der Waals surface area contributed by atoms with Crippen molar-refractivity contribution in [3.05, 3.63) is 54.0 Å². The average molecular weight is 262 g/mol. The van der Waals surface area contributed by atoms with Crippen molar-refractivity contribution in [2.45, 2.75) is 11.4 Å². The molecule has 0 aliphatic heterocycles. The van der Waals surface area contributed by atoms with Crippen LogP contribution in [-0.4, -0.2) is 8.42 Å². The van der Waals surface area contributed by atoms with Crippen LogP contribution in [0.4, 0.5) is 0 Å². The van der Waals surface area contributed by atoms with Gasteiger partial charge in [0, 0.05) is 0 Å². The summed E-state index contributed by atoms with van der Waals surface area (Å²) in [6.45, 7) is 0.0507. The number of benzene rings is 1. The van der Waals surface area contributed by atoms with Crippen LogP contribution in [0.5, 0.6) is 0 Å². The Morgan fingerprint density at radius 1 is 1.22 bits per heavy atom. The lowest BCUT2D eigenvalue weighted by Crippen LogP contribution is -2.23. The molecule has 1 aromatic heterocycles. The van der Waals surface area contributed by atoms with Crippen LogP contribution in [0.2, 0.25) is 0 Å². The molecule has 0 saturated carbocycles. The second-order valence-electron chi connectivity index (χ2n) is 3.51. The lowest BCUT2D eigenvalue weighted by atomic mass is 10.2. The Bertz CT molecular complexity index is 670. The van der Waals surface area contributed by atoms with Gasteiger partial charge in [0.2, 0.25) is 10.0 Å². The third-order valence-electron chi connectivity index (χ3n) is 2.31. The van der Waals surface area contributed by atoms with Crippen molar-refractivity contribution < 1.29 is 12.8 Å². The van der Waals surface area contributed by atoms with Crippen molar-refractivity contribution in [3.63, 3.8) is 0 Å². The van der Waals surface area contributed by atoms with E-state index < -0.39 is 10.0 Å². The molecule has 0 unspecified atom stereocenters. The highest BCUT2D eigenvalue weighted by Crippen LogP contribution is 2.14. The average Bonchev–Trinajstić information content (AvgIpc) is 2.89. The number of sulfonamides is 1. The minimum atomic E-state index is -3.71. The van der Waals surface area contributed by atoms with Crippen molar-refractivity contribution in [3.8, 4) is 6.07 Å². The Hall–Kier alpha value is -2.10. The SMILES string of the molecule is N#Cc1ccccc1S(=O)(=O)NCc1ccco1. The molecule has 2 rings (SSSR count). The molecule has 1 aromatic carbocycles. The van der Waals surface area contributed by atoms with Crippen LogP contribution in [0, 0.1) is 11.3 Å². The lowest BCUT2D eigenvalue weighted by molar-refractivity contribution is 0.498. The van der Waals surface area contributed by atoms with Gasteiger partial charge in [-0.25, -0.2) is 13.1 Å². The van der Waals surface area contributed by atoms with E-state index in [4.69, 9.17) is 9.68 Å². The Kier molecular flexibility index (Phi) is 3.46. The first-order valence-electron chi connectivity index (χ1n) is 5.14. The minimum absolute atomic E-state index is 0.0287. The fourth-order valence-electron chi connectivity index (χ4n) is 1.45. The molecular formula is C12H10N2O3S. The number of hydrogen-bond acceptors (Lipinski definition) is 4. The molecule has 0 radical (unpaired) electrons. The molecular weight excluding hydrogens is 252 g/mol. The van der Waals surface area contributed by atoms with Crippen LogP contribution in [0.15, 0.2) is 52.0 Å². The van der Waals surface area contributed by atoms with Gasteiger partial charge in [-0.05, 0) is 24.3 Å². The van der Waals surface area contributed by atoms with Crippen LogP contribution < -0.4 is 4.72 Å². The summed E-state index contributed by atoms with van der Waals surface area (Å²) in [5.74, 6) is 0.507. The highest BCUT2D eigenvalue weighted by molar-refractivity contribution is 7.89. The molecule has 92 valence electrons. The largest absolute Gasteiger partial charge is 0.468 e. The number of hydrogen-bond donors (Lipinski definition) is 1. The van der Waals surface area contributed by atoms with Gasteiger partial charge in [0.25, 0.3) is 0 Å². The third kappa shape index (κ3) is 2.59. The fraction of sp³-hybridized carbons (Fsp3) is 0.0833. The van der Waals surface area contributed by atoms with Gasteiger partial charge in [-0.15, -0.1) is 0 Å². The number of nitrogens with zero attached hydrogens (tertiary/aromatic N) is 1. The van der Waals surface area contributed by atoms with Gasteiger partial charge in [-0.3, -0.25) is 0 Å². The molecule has 18 heavy (non-hydrogen) atoms. The second-order valence-corrected chi connectivity index (χ2v) is 5.25. The minimum Gasteiger partial charge on any atom is -0.468 e. The normalized spacial score (nSPS) is 11.1. The van der Waals surface area contributed by atoms with Crippen molar-refractivity contribution >= 4 is 10.0 Å². The molecule has 0 aliphatic rings. The number of nitriles is 1. The first-order chi connectivity index (χ1) is 8.63. The monoisotopic (exact) mass is 262 g/mol. The van der Waals surface area contributed by atoms with Crippen molar-refractivity contribution in [1.82, 2.24) is 4.72 Å². The summed E-state index contributed by atoms with van der Waals surface area (Å²) in [4.78, 5) is -0.0287. The van der Waals surface area contributed by atoms with E-state index in [1.54, 1.807) is 24.3 Å². The third-order valence-corrected chi connectivity index (χ3v) is 3.77. The molecule has 2 aromatic rings. The number of furan rings is 1. The molecule has 0 amide bonds. The fourth-order valence-corrected chi connectivity index (χ4v) is 2.60. The Morgan fingerprint density at radius 3 is 2.67 bits per heavy atom. The summed E-state index contributed by atoms with van der Waals surface area (Å²) in [6, 6.07) is 11.2. The van der Waals surface area contributed by atoms with Crippen molar-refractivity contribution in [2.24, 2.45) is 0 Å². The zero-order valence-electron chi connectivity index (χ0n) is 9.33. The van der Waals surface area contributed by atoms with E-state index in [0.717, 1.165) is 0 Å². The van der Waals surface area contributed by atoms with Crippen LogP contribution in [0.25, 0.3) is 0 Å². The summed E-state index contributed by atoms with van der Waals surface area (Å²) < 4.78 is 31.4. The van der Waals surface area contributed by atoms with E-state index >= 15 is 0 Å². The predicted molar refractivity (Wildman–Crippen MR) is 63.9 cm³/mol. The number of rotatable bonds is 4. The first kappa shape index (κ1) is 12.4. The Morgan fingerprint density at radius 2 is 2.00 bits per heavy atom. The maximum Gasteiger partial charge on any atom is 0.242 e. The Balaban J connectivity index is 2.23. The van der Waals surface area contributed by atoms with Gasteiger partial charge in [-0.1, -0.05) is 12.1 Å². The van der Waals surface area contributed by atoms with E-state index in [0.29, 0.717) is 5.76 Å². The first-order valence-corrected chi connectivity index (χ1v) is 6.63. The smallest absolute Gasteiger partial charge is 0.242 e. The topological polar surface area (TPSA) is 83.1 Å².